The zero-order valence-corrected chi connectivity index (χ0v) is 30.6. The zero-order chi connectivity index (χ0) is 36.6. The molecule has 3 nitrogen and oxygen atoms in total. The minimum Gasteiger partial charge on any atom is -0.208 e. The zero-order valence-electron chi connectivity index (χ0n) is 29.8. The maximum absolute atomic E-state index is 5.17. The first-order valence-corrected chi connectivity index (χ1v) is 19.3. The Morgan fingerprint density at radius 2 is 0.564 bits per heavy atom. The van der Waals surface area contributed by atoms with E-state index in [-0.39, 0.29) is 0 Å². The summed E-state index contributed by atoms with van der Waals surface area (Å²) in [5, 5.41) is 0. The second-order valence-electron chi connectivity index (χ2n) is 13.6. The molecule has 0 amide bonds. The molecule has 258 valence electrons. The third-order valence-corrected chi connectivity index (χ3v) is 11.4. The molecule has 55 heavy (non-hydrogen) atoms. The lowest BCUT2D eigenvalue weighted by molar-refractivity contribution is 1.07. The van der Waals surface area contributed by atoms with E-state index in [4.69, 9.17) is 15.0 Å². The maximum Gasteiger partial charge on any atom is 0.164 e. The third-order valence-electron chi connectivity index (χ3n) is 10.2. The maximum atomic E-state index is 5.17. The molecule has 0 N–H and O–H groups in total. The van der Waals surface area contributed by atoms with Crippen LogP contribution in [0.15, 0.2) is 210 Å². The number of fused-ring (bicyclic) bond motifs is 9. The quantitative estimate of drug-likeness (QED) is 0.182. The van der Waals surface area contributed by atoms with Crippen LogP contribution in [0.25, 0.3) is 89.8 Å². The Labute approximate surface area is 325 Å². The lowest BCUT2D eigenvalue weighted by Gasteiger charge is -2.18. The van der Waals surface area contributed by atoms with Crippen LogP contribution in [0.2, 0.25) is 0 Å². The molecule has 8 aromatic carbocycles. The summed E-state index contributed by atoms with van der Waals surface area (Å²) in [6.07, 6.45) is 0. The van der Waals surface area contributed by atoms with Crippen LogP contribution in [0, 0.1) is 0 Å². The molecule has 1 aliphatic heterocycles. The Balaban J connectivity index is 1.19. The molecular weight excluding hydrogens is 687 g/mol. The van der Waals surface area contributed by atoms with Crippen LogP contribution in [-0.2, 0) is 0 Å². The topological polar surface area (TPSA) is 38.7 Å². The van der Waals surface area contributed by atoms with E-state index in [1.165, 1.54) is 43.2 Å². The van der Waals surface area contributed by atoms with Gasteiger partial charge in [0.25, 0.3) is 0 Å². The van der Waals surface area contributed by atoms with E-state index in [9.17, 15) is 0 Å². The lowest BCUT2D eigenvalue weighted by atomic mass is 9.86. The molecular formula is C51H33N3S. The van der Waals surface area contributed by atoms with Crippen molar-refractivity contribution in [1.29, 1.82) is 0 Å². The lowest BCUT2D eigenvalue weighted by Crippen LogP contribution is -2.01. The van der Waals surface area contributed by atoms with Crippen molar-refractivity contribution in [2.24, 2.45) is 0 Å². The Morgan fingerprint density at radius 3 is 1.11 bits per heavy atom. The molecule has 0 unspecified atom stereocenters. The molecule has 10 rings (SSSR count). The highest BCUT2D eigenvalue weighted by molar-refractivity contribution is 7.99. The van der Waals surface area contributed by atoms with E-state index in [1.54, 1.807) is 0 Å². The molecule has 1 aliphatic rings. The third kappa shape index (κ3) is 6.23. The fraction of sp³-hybridized carbons (Fsp3) is 0. The van der Waals surface area contributed by atoms with Gasteiger partial charge in [-0.2, -0.15) is 0 Å². The van der Waals surface area contributed by atoms with Gasteiger partial charge in [0, 0.05) is 26.5 Å². The molecule has 0 atom stereocenters. The summed E-state index contributed by atoms with van der Waals surface area (Å²) in [6, 6.07) is 70.8. The van der Waals surface area contributed by atoms with Gasteiger partial charge in [0.1, 0.15) is 0 Å². The second kappa shape index (κ2) is 14.2. The van der Waals surface area contributed by atoms with E-state index in [0.717, 1.165) is 38.9 Å². The average Bonchev–Trinajstić information content (AvgIpc) is 3.28. The van der Waals surface area contributed by atoms with Crippen LogP contribution in [0.3, 0.4) is 0 Å². The first-order chi connectivity index (χ1) is 27.3. The van der Waals surface area contributed by atoms with E-state index in [1.807, 2.05) is 36.0 Å². The van der Waals surface area contributed by atoms with E-state index < -0.39 is 0 Å². The highest BCUT2D eigenvalue weighted by Crippen LogP contribution is 2.49. The summed E-state index contributed by atoms with van der Waals surface area (Å²) < 4.78 is 0. The predicted molar refractivity (Wildman–Crippen MR) is 227 cm³/mol. The summed E-state index contributed by atoms with van der Waals surface area (Å²) in [5.74, 6) is 1.90. The van der Waals surface area contributed by atoms with Gasteiger partial charge in [0.2, 0.25) is 0 Å². The molecule has 0 aliphatic carbocycles. The first-order valence-electron chi connectivity index (χ1n) is 18.4. The van der Waals surface area contributed by atoms with Gasteiger partial charge in [-0.1, -0.05) is 194 Å². The largest absolute Gasteiger partial charge is 0.208 e. The van der Waals surface area contributed by atoms with Gasteiger partial charge in [-0.3, -0.25) is 0 Å². The monoisotopic (exact) mass is 719 g/mol. The van der Waals surface area contributed by atoms with Crippen LogP contribution in [0.5, 0.6) is 0 Å². The van der Waals surface area contributed by atoms with Gasteiger partial charge in [-0.15, -0.1) is 0 Å². The van der Waals surface area contributed by atoms with Crippen molar-refractivity contribution in [3.63, 3.8) is 0 Å². The molecule has 9 aromatic rings. The summed E-state index contributed by atoms with van der Waals surface area (Å²) in [7, 11) is 0. The van der Waals surface area contributed by atoms with Gasteiger partial charge in [0.15, 0.2) is 17.5 Å². The minimum absolute atomic E-state index is 0.627. The molecule has 0 fully saturated rings. The number of rotatable bonds is 4. The molecule has 0 spiro atoms. The van der Waals surface area contributed by atoms with E-state index >= 15 is 0 Å². The van der Waals surface area contributed by atoms with Crippen molar-refractivity contribution >= 4 is 11.8 Å². The van der Waals surface area contributed by atoms with E-state index in [0.29, 0.717) is 17.5 Å². The molecule has 1 aromatic heterocycles. The average molecular weight is 720 g/mol. The van der Waals surface area contributed by atoms with Gasteiger partial charge in [-0.05, 0) is 73.8 Å². The Kier molecular flexibility index (Phi) is 8.43. The fourth-order valence-corrected chi connectivity index (χ4v) is 8.62. The predicted octanol–water partition coefficient (Wildman–Crippen LogP) is 13.7. The van der Waals surface area contributed by atoms with Gasteiger partial charge < -0.3 is 0 Å². The first kappa shape index (κ1) is 32.7. The van der Waals surface area contributed by atoms with Crippen molar-refractivity contribution < 1.29 is 0 Å². The standard InChI is InChI=1S/C51H33N3S/c1-3-15-34(16-4-1)35-27-29-37(30-28-35)50-52-49(36-17-5-2-6-18-36)53-51(54-50)38-31-32-43-41-21-8-7-19-39(41)40-20-9-10-22-42(40)44-23-11-13-25-47(44)55-48-26-14-12-24-45(48)46(43)33-38/h1-33H. The van der Waals surface area contributed by atoms with Crippen molar-refractivity contribution in [2.75, 3.05) is 0 Å². The Morgan fingerprint density at radius 1 is 0.236 bits per heavy atom. The summed E-state index contributed by atoms with van der Waals surface area (Å²) >= 11 is 1.81. The highest BCUT2D eigenvalue weighted by Gasteiger charge is 2.22. The highest BCUT2D eigenvalue weighted by atomic mass is 32.2. The van der Waals surface area contributed by atoms with Gasteiger partial charge >= 0.3 is 0 Å². The number of nitrogens with zero attached hydrogens (tertiary/aromatic N) is 3. The van der Waals surface area contributed by atoms with Crippen molar-refractivity contribution in [1.82, 2.24) is 15.0 Å². The molecule has 0 radical (unpaired) electrons. The Bertz CT molecular complexity index is 2830. The number of benzene rings is 8. The number of hydrogen-bond donors (Lipinski definition) is 0. The van der Waals surface area contributed by atoms with Crippen LogP contribution in [-0.4, -0.2) is 15.0 Å². The molecule has 0 bridgehead atoms. The summed E-state index contributed by atoms with van der Waals surface area (Å²) in [4.78, 5) is 17.7. The summed E-state index contributed by atoms with van der Waals surface area (Å²) in [5.41, 5.74) is 14.6. The van der Waals surface area contributed by atoms with Gasteiger partial charge in [-0.25, -0.2) is 15.0 Å². The minimum atomic E-state index is 0.627. The normalized spacial score (nSPS) is 11.6. The summed E-state index contributed by atoms with van der Waals surface area (Å²) in [6.45, 7) is 0. The van der Waals surface area contributed by atoms with E-state index in [2.05, 4.69) is 176 Å². The van der Waals surface area contributed by atoms with Crippen molar-refractivity contribution in [2.45, 2.75) is 9.79 Å². The fourth-order valence-electron chi connectivity index (χ4n) is 7.51. The Hall–Kier alpha value is -6.88. The molecule has 0 saturated carbocycles. The van der Waals surface area contributed by atoms with Gasteiger partial charge in [0.05, 0.1) is 0 Å². The molecule has 0 saturated heterocycles. The number of aromatic nitrogens is 3. The smallest absolute Gasteiger partial charge is 0.164 e. The van der Waals surface area contributed by atoms with Crippen molar-refractivity contribution in [3.05, 3.63) is 200 Å². The van der Waals surface area contributed by atoms with Crippen LogP contribution in [0.1, 0.15) is 0 Å². The molecule has 2 heterocycles. The second-order valence-corrected chi connectivity index (χ2v) is 14.6. The van der Waals surface area contributed by atoms with Crippen molar-refractivity contribution in [3.8, 4) is 89.8 Å². The number of hydrogen-bond acceptors (Lipinski definition) is 4. The van der Waals surface area contributed by atoms with Crippen LogP contribution >= 0.6 is 11.8 Å². The van der Waals surface area contributed by atoms with Crippen LogP contribution < -0.4 is 0 Å². The SMILES string of the molecule is c1ccc(-c2ccc(-c3nc(-c4ccccc4)nc(-c4ccc5c(c4)-c4ccccc4Sc4ccccc4-c4ccccc4-c4ccccc4-5)n3)cc2)cc1. The van der Waals surface area contributed by atoms with Crippen LogP contribution in [0.4, 0.5) is 0 Å². The molecule has 4 heteroatoms.